The number of aromatic nitrogens is 1. The molecule has 18 heavy (non-hydrogen) atoms. The Balaban J connectivity index is 1.82. The Morgan fingerprint density at radius 1 is 1.67 bits per heavy atom. The van der Waals surface area contributed by atoms with E-state index in [1.54, 1.807) is 12.3 Å². The molecule has 0 aromatic carbocycles. The van der Waals surface area contributed by atoms with Crippen LogP contribution in [-0.4, -0.2) is 40.9 Å². The molecule has 1 aromatic rings. The molecule has 1 aromatic heterocycles. The minimum atomic E-state index is -0.945. The van der Waals surface area contributed by atoms with Crippen molar-refractivity contribution in [2.24, 2.45) is 0 Å². The maximum absolute atomic E-state index is 11.7. The summed E-state index contributed by atoms with van der Waals surface area (Å²) in [4.78, 5) is 15.8. The van der Waals surface area contributed by atoms with Gasteiger partial charge in [-0.25, -0.2) is 0 Å². The summed E-state index contributed by atoms with van der Waals surface area (Å²) in [6.07, 6.45) is 2.19. The summed E-state index contributed by atoms with van der Waals surface area (Å²) in [5, 5.41) is 13.0. The minimum Gasteiger partial charge on any atom is -0.385 e. The molecule has 0 saturated carbocycles. The third-order valence-corrected chi connectivity index (χ3v) is 3.32. The summed E-state index contributed by atoms with van der Waals surface area (Å²) in [5.74, 6) is -0.138. The van der Waals surface area contributed by atoms with Crippen LogP contribution in [0.3, 0.4) is 0 Å². The first-order valence-electron chi connectivity index (χ1n) is 6.11. The number of ether oxygens (including phenoxy) is 1. The molecule has 2 heterocycles. The highest BCUT2D eigenvalue weighted by molar-refractivity contribution is 5.78. The van der Waals surface area contributed by atoms with E-state index in [0.717, 1.165) is 5.69 Å². The Kier molecular flexibility index (Phi) is 3.93. The normalized spacial score (nSPS) is 27.1. The summed E-state index contributed by atoms with van der Waals surface area (Å²) < 4.78 is 5.31. The second kappa shape index (κ2) is 5.46. The smallest absolute Gasteiger partial charge is 0.226 e. The second-order valence-electron chi connectivity index (χ2n) is 4.64. The standard InChI is InChI=1S/C13H18N2O3/c1-10-13(17,5-7-18-10)9-15-12(16)8-11-4-2-3-6-14-11/h2-4,6,10,17H,5,7-9H2,1H3,(H,15,16). The van der Waals surface area contributed by atoms with Crippen molar-refractivity contribution in [2.75, 3.05) is 13.2 Å². The Hall–Kier alpha value is -1.46. The van der Waals surface area contributed by atoms with Crippen LogP contribution in [0.25, 0.3) is 0 Å². The molecule has 2 atom stereocenters. The quantitative estimate of drug-likeness (QED) is 0.805. The van der Waals surface area contributed by atoms with Gasteiger partial charge in [0.2, 0.25) is 5.91 Å². The lowest BCUT2D eigenvalue weighted by Gasteiger charge is -2.26. The number of rotatable bonds is 4. The first-order chi connectivity index (χ1) is 8.60. The molecular weight excluding hydrogens is 232 g/mol. The van der Waals surface area contributed by atoms with Gasteiger partial charge in [0, 0.05) is 31.5 Å². The highest BCUT2D eigenvalue weighted by atomic mass is 16.5. The number of aliphatic hydroxyl groups is 1. The number of hydrogen-bond donors (Lipinski definition) is 2. The van der Waals surface area contributed by atoms with E-state index in [1.165, 1.54) is 0 Å². The number of carbonyl (C=O) groups is 1. The molecule has 2 rings (SSSR count). The van der Waals surface area contributed by atoms with E-state index in [2.05, 4.69) is 10.3 Å². The lowest BCUT2D eigenvalue weighted by atomic mass is 9.97. The molecular formula is C13H18N2O3. The van der Waals surface area contributed by atoms with Crippen LogP contribution in [0, 0.1) is 0 Å². The van der Waals surface area contributed by atoms with Gasteiger partial charge in [0.1, 0.15) is 5.60 Å². The van der Waals surface area contributed by atoms with Crippen molar-refractivity contribution in [2.45, 2.75) is 31.5 Å². The van der Waals surface area contributed by atoms with E-state index < -0.39 is 5.60 Å². The molecule has 0 spiro atoms. The van der Waals surface area contributed by atoms with Crippen molar-refractivity contribution < 1.29 is 14.6 Å². The molecule has 1 fully saturated rings. The Bertz CT molecular complexity index is 410. The topological polar surface area (TPSA) is 71.5 Å². The molecule has 2 unspecified atom stereocenters. The number of nitrogens with one attached hydrogen (secondary N) is 1. The predicted octanol–water partition coefficient (Wildman–Crippen LogP) is 0.280. The molecule has 5 nitrogen and oxygen atoms in total. The third-order valence-electron chi connectivity index (χ3n) is 3.32. The predicted molar refractivity (Wildman–Crippen MR) is 65.9 cm³/mol. The second-order valence-corrected chi connectivity index (χ2v) is 4.64. The zero-order valence-corrected chi connectivity index (χ0v) is 10.4. The van der Waals surface area contributed by atoms with Crippen LogP contribution in [0.5, 0.6) is 0 Å². The molecule has 1 aliphatic heterocycles. The van der Waals surface area contributed by atoms with Gasteiger partial charge in [0.15, 0.2) is 0 Å². The zero-order chi connectivity index (χ0) is 13.0. The van der Waals surface area contributed by atoms with Crippen molar-refractivity contribution in [3.63, 3.8) is 0 Å². The first kappa shape index (κ1) is 13.0. The van der Waals surface area contributed by atoms with E-state index in [0.29, 0.717) is 13.0 Å². The molecule has 5 heteroatoms. The Morgan fingerprint density at radius 2 is 2.50 bits per heavy atom. The molecule has 0 aliphatic carbocycles. The van der Waals surface area contributed by atoms with E-state index in [4.69, 9.17) is 4.74 Å². The van der Waals surface area contributed by atoms with Gasteiger partial charge in [-0.15, -0.1) is 0 Å². The lowest BCUT2D eigenvalue weighted by molar-refractivity contribution is -0.122. The van der Waals surface area contributed by atoms with E-state index in [9.17, 15) is 9.90 Å². The van der Waals surface area contributed by atoms with Crippen molar-refractivity contribution in [3.05, 3.63) is 30.1 Å². The van der Waals surface area contributed by atoms with Crippen LogP contribution in [-0.2, 0) is 16.0 Å². The first-order valence-corrected chi connectivity index (χ1v) is 6.11. The molecule has 2 N–H and O–H groups in total. The van der Waals surface area contributed by atoms with Gasteiger partial charge < -0.3 is 15.2 Å². The molecule has 0 radical (unpaired) electrons. The average molecular weight is 250 g/mol. The molecule has 98 valence electrons. The van der Waals surface area contributed by atoms with Crippen molar-refractivity contribution in [1.29, 1.82) is 0 Å². The van der Waals surface area contributed by atoms with E-state index in [1.807, 2.05) is 19.1 Å². The van der Waals surface area contributed by atoms with Crippen LogP contribution in [0.2, 0.25) is 0 Å². The molecule has 1 amide bonds. The number of pyridine rings is 1. The average Bonchev–Trinajstić information content (AvgIpc) is 2.69. The van der Waals surface area contributed by atoms with Gasteiger partial charge in [-0.2, -0.15) is 0 Å². The summed E-state index contributed by atoms with van der Waals surface area (Å²) >= 11 is 0. The fraction of sp³-hybridized carbons (Fsp3) is 0.538. The maximum atomic E-state index is 11.7. The zero-order valence-electron chi connectivity index (χ0n) is 10.4. The number of amides is 1. The monoisotopic (exact) mass is 250 g/mol. The van der Waals surface area contributed by atoms with Gasteiger partial charge >= 0.3 is 0 Å². The highest BCUT2D eigenvalue weighted by Crippen LogP contribution is 2.24. The summed E-state index contributed by atoms with van der Waals surface area (Å²) in [7, 11) is 0. The molecule has 1 saturated heterocycles. The molecule has 0 bridgehead atoms. The van der Waals surface area contributed by atoms with Crippen molar-refractivity contribution in [1.82, 2.24) is 10.3 Å². The number of hydrogen-bond acceptors (Lipinski definition) is 4. The summed E-state index contributed by atoms with van der Waals surface area (Å²) in [6, 6.07) is 5.45. The highest BCUT2D eigenvalue weighted by Gasteiger charge is 2.39. The van der Waals surface area contributed by atoms with Gasteiger partial charge in [-0.1, -0.05) is 6.07 Å². The number of nitrogens with zero attached hydrogens (tertiary/aromatic N) is 1. The summed E-state index contributed by atoms with van der Waals surface area (Å²) in [5.41, 5.74) is -0.225. The van der Waals surface area contributed by atoms with Gasteiger partial charge in [0.05, 0.1) is 12.5 Å². The van der Waals surface area contributed by atoms with E-state index >= 15 is 0 Å². The van der Waals surface area contributed by atoms with Crippen LogP contribution >= 0.6 is 0 Å². The Labute approximate surface area is 106 Å². The van der Waals surface area contributed by atoms with Gasteiger partial charge in [-0.3, -0.25) is 9.78 Å². The van der Waals surface area contributed by atoms with Crippen molar-refractivity contribution >= 4 is 5.91 Å². The van der Waals surface area contributed by atoms with Gasteiger partial charge in [-0.05, 0) is 19.1 Å². The largest absolute Gasteiger partial charge is 0.385 e. The number of carbonyl (C=O) groups excluding carboxylic acids is 1. The van der Waals surface area contributed by atoms with Crippen molar-refractivity contribution in [3.8, 4) is 0 Å². The Morgan fingerprint density at radius 3 is 3.11 bits per heavy atom. The summed E-state index contributed by atoms with van der Waals surface area (Å²) in [6.45, 7) is 2.57. The maximum Gasteiger partial charge on any atom is 0.226 e. The fourth-order valence-corrected chi connectivity index (χ4v) is 1.98. The van der Waals surface area contributed by atoms with E-state index in [-0.39, 0.29) is 25.0 Å². The fourth-order valence-electron chi connectivity index (χ4n) is 1.98. The molecule has 1 aliphatic rings. The lowest BCUT2D eigenvalue weighted by Crippen LogP contribution is -2.47. The SMILES string of the molecule is CC1OCCC1(O)CNC(=O)Cc1ccccn1. The van der Waals surface area contributed by atoms with Crippen LogP contribution in [0.1, 0.15) is 19.0 Å². The minimum absolute atomic E-state index is 0.138. The van der Waals surface area contributed by atoms with Crippen LogP contribution in [0.4, 0.5) is 0 Å². The van der Waals surface area contributed by atoms with Crippen LogP contribution in [0.15, 0.2) is 24.4 Å². The van der Waals surface area contributed by atoms with Gasteiger partial charge in [0.25, 0.3) is 0 Å². The van der Waals surface area contributed by atoms with Crippen LogP contribution < -0.4 is 5.32 Å². The third kappa shape index (κ3) is 3.05.